The lowest BCUT2D eigenvalue weighted by Crippen LogP contribution is -2.38. The number of ether oxygens (including phenoxy) is 1. The first-order valence-electron chi connectivity index (χ1n) is 8.73. The predicted molar refractivity (Wildman–Crippen MR) is 101 cm³/mol. The van der Waals surface area contributed by atoms with Crippen LogP contribution in [0, 0.1) is 0 Å². The third-order valence-electron chi connectivity index (χ3n) is 4.56. The molecule has 0 aliphatic carbocycles. The van der Waals surface area contributed by atoms with E-state index in [1.165, 1.54) is 5.56 Å². The van der Waals surface area contributed by atoms with Crippen molar-refractivity contribution in [3.63, 3.8) is 0 Å². The van der Waals surface area contributed by atoms with Gasteiger partial charge in [-0.05, 0) is 35.7 Å². The molecule has 132 valence electrons. The van der Waals surface area contributed by atoms with Gasteiger partial charge in [-0.25, -0.2) is 4.98 Å². The van der Waals surface area contributed by atoms with Crippen LogP contribution >= 0.6 is 0 Å². The van der Waals surface area contributed by atoms with Crippen molar-refractivity contribution in [2.24, 2.45) is 0 Å². The Kier molecular flexibility index (Phi) is 5.34. The number of pyridine rings is 1. The number of hydrogen-bond acceptors (Lipinski definition) is 4. The molecular weight excluding hydrogens is 314 g/mol. The smallest absolute Gasteiger partial charge is 0.261 e. The fraction of sp³-hybridized carbons (Fsp3) is 0.400. The van der Waals surface area contributed by atoms with Gasteiger partial charge in [0.15, 0.2) is 0 Å². The summed E-state index contributed by atoms with van der Waals surface area (Å²) in [4.78, 5) is 21.4. The number of rotatable bonds is 4. The van der Waals surface area contributed by atoms with E-state index in [1.807, 2.05) is 31.3 Å². The highest BCUT2D eigenvalue weighted by atomic mass is 16.5. The molecule has 0 atom stereocenters. The van der Waals surface area contributed by atoms with Crippen LogP contribution in [-0.4, -0.2) is 44.2 Å². The van der Waals surface area contributed by atoms with E-state index in [2.05, 4.69) is 35.9 Å². The largest absolute Gasteiger partial charge is 0.378 e. The van der Waals surface area contributed by atoms with E-state index in [-0.39, 0.29) is 5.91 Å². The molecule has 1 aromatic carbocycles. The van der Waals surface area contributed by atoms with Crippen LogP contribution in [0.3, 0.4) is 0 Å². The number of aromatic nitrogens is 1. The molecule has 25 heavy (non-hydrogen) atoms. The fourth-order valence-corrected chi connectivity index (χ4v) is 2.98. The summed E-state index contributed by atoms with van der Waals surface area (Å²) in [6.07, 6.45) is 1.74. The minimum Gasteiger partial charge on any atom is -0.378 e. The number of carbonyl (C=O) groups is 1. The van der Waals surface area contributed by atoms with E-state index in [1.54, 1.807) is 11.1 Å². The second-order valence-corrected chi connectivity index (χ2v) is 6.59. The molecule has 5 heteroatoms. The van der Waals surface area contributed by atoms with Gasteiger partial charge in [0.2, 0.25) is 0 Å². The number of carbonyl (C=O) groups excluding carboxylic acids is 1. The van der Waals surface area contributed by atoms with Gasteiger partial charge in [-0.2, -0.15) is 0 Å². The molecule has 2 aromatic rings. The monoisotopic (exact) mass is 339 g/mol. The van der Waals surface area contributed by atoms with Gasteiger partial charge < -0.3 is 14.5 Å². The average Bonchev–Trinajstić information content (AvgIpc) is 2.67. The molecule has 1 saturated heterocycles. The minimum absolute atomic E-state index is 0.0458. The van der Waals surface area contributed by atoms with Gasteiger partial charge in [-0.3, -0.25) is 4.79 Å². The fourth-order valence-electron chi connectivity index (χ4n) is 2.98. The van der Waals surface area contributed by atoms with Crippen LogP contribution in [0.5, 0.6) is 0 Å². The maximum atomic E-state index is 13.1. The molecule has 1 aliphatic heterocycles. The number of morpholine rings is 1. The van der Waals surface area contributed by atoms with Crippen LogP contribution in [0.25, 0.3) is 0 Å². The first kappa shape index (κ1) is 17.4. The maximum absolute atomic E-state index is 13.1. The number of hydrogen-bond donors (Lipinski definition) is 0. The Bertz CT molecular complexity index is 739. The summed E-state index contributed by atoms with van der Waals surface area (Å²) in [5.41, 5.74) is 2.74. The summed E-state index contributed by atoms with van der Waals surface area (Å²) in [5.74, 6) is 1.11. The van der Waals surface area contributed by atoms with Crippen LogP contribution in [-0.2, 0) is 4.74 Å². The van der Waals surface area contributed by atoms with E-state index in [9.17, 15) is 4.79 Å². The number of anilines is 2. The van der Waals surface area contributed by atoms with Crippen molar-refractivity contribution < 1.29 is 9.53 Å². The van der Waals surface area contributed by atoms with Crippen LogP contribution in [0.1, 0.15) is 35.7 Å². The number of amides is 1. The molecule has 0 bridgehead atoms. The number of benzene rings is 1. The molecule has 3 rings (SSSR count). The van der Waals surface area contributed by atoms with Crippen LogP contribution < -0.4 is 9.80 Å². The third-order valence-corrected chi connectivity index (χ3v) is 4.56. The number of nitrogens with zero attached hydrogens (tertiary/aromatic N) is 3. The molecule has 5 nitrogen and oxygen atoms in total. The van der Waals surface area contributed by atoms with Gasteiger partial charge in [-0.15, -0.1) is 0 Å². The summed E-state index contributed by atoms with van der Waals surface area (Å²) in [7, 11) is 1.82. The van der Waals surface area contributed by atoms with Crippen molar-refractivity contribution in [3.8, 4) is 0 Å². The molecule has 0 saturated carbocycles. The molecule has 0 spiro atoms. The van der Waals surface area contributed by atoms with Crippen molar-refractivity contribution in [3.05, 3.63) is 53.7 Å². The summed E-state index contributed by atoms with van der Waals surface area (Å²) >= 11 is 0. The van der Waals surface area contributed by atoms with E-state index >= 15 is 0 Å². The van der Waals surface area contributed by atoms with Gasteiger partial charge >= 0.3 is 0 Å². The summed E-state index contributed by atoms with van der Waals surface area (Å²) in [6, 6.07) is 11.8. The van der Waals surface area contributed by atoms with E-state index in [0.29, 0.717) is 24.7 Å². The highest BCUT2D eigenvalue weighted by Gasteiger charge is 2.23. The zero-order valence-electron chi connectivity index (χ0n) is 15.1. The molecule has 1 aromatic heterocycles. The van der Waals surface area contributed by atoms with Crippen LogP contribution in [0.15, 0.2) is 42.6 Å². The van der Waals surface area contributed by atoms with Gasteiger partial charge in [0.25, 0.3) is 5.91 Å². The molecule has 1 aliphatic rings. The second kappa shape index (κ2) is 7.66. The Balaban J connectivity index is 1.89. The van der Waals surface area contributed by atoms with E-state index in [0.717, 1.165) is 24.6 Å². The molecule has 0 N–H and O–H groups in total. The van der Waals surface area contributed by atoms with Crippen molar-refractivity contribution in [2.45, 2.75) is 19.8 Å². The Morgan fingerprint density at radius 2 is 1.96 bits per heavy atom. The highest BCUT2D eigenvalue weighted by molar-refractivity contribution is 6.08. The maximum Gasteiger partial charge on any atom is 0.261 e. The molecule has 0 unspecified atom stereocenters. The topological polar surface area (TPSA) is 45.7 Å². The third kappa shape index (κ3) is 3.82. The first-order valence-corrected chi connectivity index (χ1v) is 8.73. The highest BCUT2D eigenvalue weighted by Crippen LogP contribution is 2.25. The Labute approximate surface area is 149 Å². The lowest BCUT2D eigenvalue weighted by molar-refractivity contribution is 0.0990. The van der Waals surface area contributed by atoms with Crippen LogP contribution in [0.2, 0.25) is 0 Å². The Hall–Kier alpha value is -2.40. The van der Waals surface area contributed by atoms with Gasteiger partial charge in [0.1, 0.15) is 5.82 Å². The second-order valence-electron chi connectivity index (χ2n) is 6.59. The van der Waals surface area contributed by atoms with E-state index < -0.39 is 0 Å². The zero-order valence-corrected chi connectivity index (χ0v) is 15.1. The van der Waals surface area contributed by atoms with Crippen molar-refractivity contribution in [1.29, 1.82) is 0 Å². The molecule has 2 heterocycles. The first-order chi connectivity index (χ1) is 12.1. The van der Waals surface area contributed by atoms with Gasteiger partial charge in [-0.1, -0.05) is 26.0 Å². The van der Waals surface area contributed by atoms with Crippen LogP contribution in [0.4, 0.5) is 11.5 Å². The normalized spacial score (nSPS) is 14.6. The summed E-state index contributed by atoms with van der Waals surface area (Å²) in [5, 5.41) is 0. The predicted octanol–water partition coefficient (Wildman–Crippen LogP) is 3.32. The van der Waals surface area contributed by atoms with Crippen molar-refractivity contribution in [2.75, 3.05) is 43.2 Å². The zero-order chi connectivity index (χ0) is 17.8. The van der Waals surface area contributed by atoms with Crippen molar-refractivity contribution >= 4 is 17.4 Å². The summed E-state index contributed by atoms with van der Waals surface area (Å²) < 4.78 is 5.41. The molecule has 1 amide bonds. The minimum atomic E-state index is -0.0458. The van der Waals surface area contributed by atoms with Crippen molar-refractivity contribution in [1.82, 2.24) is 4.98 Å². The molecule has 0 radical (unpaired) electrons. The SMILES string of the molecule is CC(C)c1cccc(N(C)C(=O)c2cccnc2N2CCOCC2)c1. The Morgan fingerprint density at radius 1 is 1.20 bits per heavy atom. The van der Waals surface area contributed by atoms with Gasteiger partial charge in [0.05, 0.1) is 18.8 Å². The molecule has 1 fully saturated rings. The lowest BCUT2D eigenvalue weighted by atomic mass is 10.0. The Morgan fingerprint density at radius 3 is 2.68 bits per heavy atom. The standard InChI is InChI=1S/C20H25N3O2/c1-15(2)16-6-4-7-17(14-16)22(3)20(24)18-8-5-9-21-19(18)23-10-12-25-13-11-23/h4-9,14-15H,10-13H2,1-3H3. The average molecular weight is 339 g/mol. The molecular formula is C20H25N3O2. The quantitative estimate of drug-likeness (QED) is 0.857. The summed E-state index contributed by atoms with van der Waals surface area (Å²) in [6.45, 7) is 7.14. The lowest BCUT2D eigenvalue weighted by Gasteiger charge is -2.30. The van der Waals surface area contributed by atoms with Gasteiger partial charge in [0, 0.05) is 32.0 Å². The van der Waals surface area contributed by atoms with E-state index in [4.69, 9.17) is 4.74 Å².